The van der Waals surface area contributed by atoms with Gasteiger partial charge in [-0.15, -0.1) is 10.2 Å². The first-order valence-electron chi connectivity index (χ1n) is 7.85. The summed E-state index contributed by atoms with van der Waals surface area (Å²) in [6, 6.07) is 10.1. The molecule has 0 unspecified atom stereocenters. The highest BCUT2D eigenvalue weighted by Gasteiger charge is 2.18. The van der Waals surface area contributed by atoms with Gasteiger partial charge in [-0.2, -0.15) is 0 Å². The first-order valence-corrected chi connectivity index (χ1v) is 9.11. The number of halogens is 1. The molecular formula is C17H15ClN6O2S. The number of hydrogen-bond acceptors (Lipinski definition) is 7. The summed E-state index contributed by atoms with van der Waals surface area (Å²) in [7, 11) is 0. The molecule has 0 aliphatic carbocycles. The summed E-state index contributed by atoms with van der Waals surface area (Å²) in [5, 5.41) is 10.8. The Morgan fingerprint density at radius 1 is 1.26 bits per heavy atom. The van der Waals surface area contributed by atoms with Gasteiger partial charge in [0.1, 0.15) is 5.82 Å². The molecule has 2 aromatic heterocycles. The third-order valence-electron chi connectivity index (χ3n) is 3.53. The van der Waals surface area contributed by atoms with Crippen molar-refractivity contribution in [3.8, 4) is 11.3 Å². The Kier molecular flexibility index (Phi) is 5.72. The lowest BCUT2D eigenvalue weighted by atomic mass is 10.1. The number of anilines is 2. The molecule has 2 heterocycles. The Morgan fingerprint density at radius 3 is 2.70 bits per heavy atom. The first kappa shape index (κ1) is 18.9. The number of nitrogens with two attached hydrogens (primary N) is 1. The van der Waals surface area contributed by atoms with Crippen LogP contribution < -0.4 is 16.6 Å². The Bertz CT molecular complexity index is 1020. The summed E-state index contributed by atoms with van der Waals surface area (Å²) in [6.45, 7) is 1.68. The molecule has 3 rings (SSSR count). The molecule has 1 atom stereocenters. The van der Waals surface area contributed by atoms with Crippen molar-refractivity contribution in [3.63, 3.8) is 0 Å². The molecule has 138 valence electrons. The summed E-state index contributed by atoms with van der Waals surface area (Å²) in [5.74, 6) is 0.0835. The molecule has 4 N–H and O–H groups in total. The fraction of sp³-hybridized carbons (Fsp3) is 0.118. The Labute approximate surface area is 163 Å². The van der Waals surface area contributed by atoms with Crippen LogP contribution in [0.1, 0.15) is 6.92 Å². The molecule has 0 fully saturated rings. The lowest BCUT2D eigenvalue weighted by Crippen LogP contribution is -2.24. The summed E-state index contributed by atoms with van der Waals surface area (Å²) >= 11 is 6.83. The average Bonchev–Trinajstić information content (AvgIpc) is 2.64. The molecule has 0 aliphatic rings. The molecule has 0 bridgehead atoms. The molecule has 8 nitrogen and oxygen atoms in total. The fourth-order valence-electron chi connectivity index (χ4n) is 2.16. The van der Waals surface area contributed by atoms with Crippen LogP contribution in [-0.4, -0.2) is 31.3 Å². The van der Waals surface area contributed by atoms with Crippen LogP contribution >= 0.6 is 23.4 Å². The van der Waals surface area contributed by atoms with Crippen LogP contribution in [0.2, 0.25) is 5.02 Å². The number of aromatic nitrogens is 4. The number of nitrogens with one attached hydrogen (secondary N) is 2. The van der Waals surface area contributed by atoms with Crippen LogP contribution in [0.5, 0.6) is 0 Å². The van der Waals surface area contributed by atoms with Gasteiger partial charge in [-0.05, 0) is 25.1 Å². The molecule has 3 aromatic rings. The number of nitrogen functional groups attached to an aromatic ring is 1. The highest BCUT2D eigenvalue weighted by molar-refractivity contribution is 8.00. The highest BCUT2D eigenvalue weighted by atomic mass is 35.5. The molecule has 0 aliphatic heterocycles. The summed E-state index contributed by atoms with van der Waals surface area (Å²) in [5.41, 5.74) is 6.50. The monoisotopic (exact) mass is 402 g/mol. The van der Waals surface area contributed by atoms with Crippen LogP contribution in [0.3, 0.4) is 0 Å². The van der Waals surface area contributed by atoms with Crippen molar-refractivity contribution in [1.82, 2.24) is 20.2 Å². The normalized spacial score (nSPS) is 11.8. The van der Waals surface area contributed by atoms with Gasteiger partial charge < -0.3 is 11.1 Å². The second kappa shape index (κ2) is 8.19. The second-order valence-electron chi connectivity index (χ2n) is 5.51. The van der Waals surface area contributed by atoms with E-state index < -0.39 is 10.8 Å². The Balaban J connectivity index is 1.71. The largest absolute Gasteiger partial charge is 0.398 e. The van der Waals surface area contributed by atoms with Crippen molar-refractivity contribution in [1.29, 1.82) is 0 Å². The second-order valence-corrected chi connectivity index (χ2v) is 7.27. The number of benzene rings is 1. The summed E-state index contributed by atoms with van der Waals surface area (Å²) in [4.78, 5) is 31.2. The number of H-pyrrole nitrogens is 1. The van der Waals surface area contributed by atoms with Crippen molar-refractivity contribution in [2.45, 2.75) is 17.3 Å². The molecule has 27 heavy (non-hydrogen) atoms. The molecular weight excluding hydrogens is 388 g/mol. The summed E-state index contributed by atoms with van der Waals surface area (Å²) in [6.07, 6.45) is 1.44. The lowest BCUT2D eigenvalue weighted by Gasteiger charge is -2.11. The van der Waals surface area contributed by atoms with E-state index in [1.165, 1.54) is 6.20 Å². The number of pyridine rings is 1. The van der Waals surface area contributed by atoms with Crippen molar-refractivity contribution < 1.29 is 4.79 Å². The van der Waals surface area contributed by atoms with E-state index in [4.69, 9.17) is 17.3 Å². The highest BCUT2D eigenvalue weighted by Crippen LogP contribution is 2.22. The van der Waals surface area contributed by atoms with Crippen LogP contribution in [0.4, 0.5) is 11.5 Å². The number of rotatable bonds is 5. The number of para-hydroxylation sites is 1. The van der Waals surface area contributed by atoms with E-state index in [0.717, 1.165) is 11.8 Å². The first-order chi connectivity index (χ1) is 12.9. The van der Waals surface area contributed by atoms with Crippen LogP contribution in [0.15, 0.2) is 52.5 Å². The zero-order valence-corrected chi connectivity index (χ0v) is 15.7. The minimum atomic E-state index is -0.542. The molecule has 10 heteroatoms. The Hall–Kier alpha value is -2.91. The third kappa shape index (κ3) is 4.63. The quantitative estimate of drug-likeness (QED) is 0.442. The van der Waals surface area contributed by atoms with Gasteiger partial charge in [-0.1, -0.05) is 41.6 Å². The minimum Gasteiger partial charge on any atom is -0.398 e. The van der Waals surface area contributed by atoms with Crippen molar-refractivity contribution in [3.05, 3.63) is 58.0 Å². The zero-order valence-electron chi connectivity index (χ0n) is 14.1. The zero-order chi connectivity index (χ0) is 19.4. The van der Waals surface area contributed by atoms with Crippen LogP contribution in [-0.2, 0) is 4.79 Å². The van der Waals surface area contributed by atoms with Crippen molar-refractivity contribution in [2.75, 3.05) is 11.1 Å². The van der Waals surface area contributed by atoms with E-state index in [0.29, 0.717) is 22.1 Å². The Morgan fingerprint density at radius 2 is 2.04 bits per heavy atom. The molecule has 0 saturated carbocycles. The van der Waals surface area contributed by atoms with Gasteiger partial charge in [-0.3, -0.25) is 14.6 Å². The van der Waals surface area contributed by atoms with E-state index in [1.54, 1.807) is 43.3 Å². The van der Waals surface area contributed by atoms with Crippen molar-refractivity contribution >= 4 is 40.8 Å². The topological polar surface area (TPSA) is 127 Å². The van der Waals surface area contributed by atoms with Crippen molar-refractivity contribution in [2.24, 2.45) is 0 Å². The predicted octanol–water partition coefficient (Wildman–Crippen LogP) is 2.58. The number of hydrogen-bond donors (Lipinski definition) is 3. The molecule has 0 radical (unpaired) electrons. The van der Waals surface area contributed by atoms with E-state index >= 15 is 0 Å². The minimum absolute atomic E-state index is 0.125. The van der Waals surface area contributed by atoms with E-state index in [9.17, 15) is 9.59 Å². The van der Waals surface area contributed by atoms with Gasteiger partial charge in [0, 0.05) is 17.4 Å². The molecule has 1 amide bonds. The van der Waals surface area contributed by atoms with Gasteiger partial charge in [0.25, 0.3) is 5.56 Å². The van der Waals surface area contributed by atoms with Gasteiger partial charge in [0.15, 0.2) is 10.9 Å². The number of carbonyl (C=O) groups excluding carboxylic acids is 1. The summed E-state index contributed by atoms with van der Waals surface area (Å²) < 4.78 is 0. The van der Waals surface area contributed by atoms with Crippen LogP contribution in [0, 0.1) is 0 Å². The number of aromatic amines is 1. The van der Waals surface area contributed by atoms with E-state index in [-0.39, 0.29) is 16.8 Å². The SMILES string of the molecule is C[C@@H](Sc1nnc(-c2ccccc2N)c(=O)[nH]1)C(=O)Nc1ccc(Cl)cn1. The maximum absolute atomic E-state index is 12.3. The number of nitrogens with zero attached hydrogens (tertiary/aromatic N) is 3. The molecule has 1 aromatic carbocycles. The van der Waals surface area contributed by atoms with E-state index in [1.807, 2.05) is 0 Å². The number of amides is 1. The number of carbonyl (C=O) groups is 1. The van der Waals surface area contributed by atoms with E-state index in [2.05, 4.69) is 25.5 Å². The van der Waals surface area contributed by atoms with Gasteiger partial charge in [0.2, 0.25) is 5.91 Å². The predicted molar refractivity (Wildman–Crippen MR) is 106 cm³/mol. The fourth-order valence-corrected chi connectivity index (χ4v) is 3.01. The van der Waals surface area contributed by atoms with Gasteiger partial charge in [-0.25, -0.2) is 4.98 Å². The third-order valence-corrected chi connectivity index (χ3v) is 4.73. The van der Waals surface area contributed by atoms with Gasteiger partial charge >= 0.3 is 0 Å². The van der Waals surface area contributed by atoms with Crippen LogP contribution in [0.25, 0.3) is 11.3 Å². The number of thioether (sulfide) groups is 1. The standard InChI is InChI=1S/C17H15ClN6O2S/c1-9(15(25)21-13-7-6-10(18)8-20-13)27-17-22-16(26)14(23-24-17)11-4-2-3-5-12(11)19/h2-9H,19H2,1H3,(H,20,21,25)(H,22,24,26)/t9-/m1/s1. The maximum Gasteiger partial charge on any atom is 0.278 e. The average molecular weight is 403 g/mol. The lowest BCUT2D eigenvalue weighted by molar-refractivity contribution is -0.115. The smallest absolute Gasteiger partial charge is 0.278 e. The maximum atomic E-state index is 12.3. The van der Waals surface area contributed by atoms with Gasteiger partial charge in [0.05, 0.1) is 10.3 Å². The molecule has 0 spiro atoms. The molecule has 0 saturated heterocycles.